The van der Waals surface area contributed by atoms with Crippen molar-refractivity contribution in [2.45, 2.75) is 0 Å². The molecule has 5 nitrogen and oxygen atoms in total. The Bertz CT molecular complexity index is 280. The van der Waals surface area contributed by atoms with Crippen LogP contribution >= 0.6 is 0 Å². The predicted octanol–water partition coefficient (Wildman–Crippen LogP) is 0.481. The van der Waals surface area contributed by atoms with Gasteiger partial charge >= 0.3 is 6.09 Å². The van der Waals surface area contributed by atoms with E-state index in [4.69, 9.17) is 4.74 Å². The minimum absolute atomic E-state index is 0.404. The molecule has 1 heterocycles. The zero-order valence-electron chi connectivity index (χ0n) is 7.31. The van der Waals surface area contributed by atoms with E-state index in [0.717, 1.165) is 0 Å². The van der Waals surface area contributed by atoms with E-state index in [2.05, 4.69) is 4.98 Å². The number of carbonyl (C=O) groups excluding carboxylic acids is 1. The fraction of sp³-hybridized carbons (Fsp3) is 0.429. The summed E-state index contributed by atoms with van der Waals surface area (Å²) in [6.07, 6.45) is 2.65. The molecule has 0 unspecified atom stereocenters. The molecule has 1 aromatic heterocycles. The third kappa shape index (κ3) is 1.75. The van der Waals surface area contributed by atoms with Crippen LogP contribution in [-0.2, 0) is 7.05 Å². The first kappa shape index (κ1) is 8.58. The topological polar surface area (TPSA) is 47.4 Å². The Kier molecular flexibility index (Phi) is 2.32. The van der Waals surface area contributed by atoms with Gasteiger partial charge in [-0.1, -0.05) is 0 Å². The van der Waals surface area contributed by atoms with Gasteiger partial charge in [0.25, 0.3) is 0 Å². The summed E-state index contributed by atoms with van der Waals surface area (Å²) < 4.78 is 6.56. The number of hydrogen-bond donors (Lipinski definition) is 0. The van der Waals surface area contributed by atoms with Crippen LogP contribution in [0.2, 0.25) is 0 Å². The summed E-state index contributed by atoms with van der Waals surface area (Å²) in [6, 6.07) is 0. The van der Waals surface area contributed by atoms with Crippen molar-refractivity contribution < 1.29 is 9.53 Å². The van der Waals surface area contributed by atoms with Gasteiger partial charge in [0, 0.05) is 21.1 Å². The third-order valence-electron chi connectivity index (χ3n) is 1.33. The van der Waals surface area contributed by atoms with Gasteiger partial charge in [-0.25, -0.2) is 9.78 Å². The highest BCUT2D eigenvalue weighted by Crippen LogP contribution is 2.07. The molecule has 5 heteroatoms. The van der Waals surface area contributed by atoms with Gasteiger partial charge in [-0.3, -0.25) is 0 Å². The Labute approximate surface area is 70.6 Å². The van der Waals surface area contributed by atoms with E-state index in [1.807, 2.05) is 0 Å². The quantitative estimate of drug-likeness (QED) is 0.614. The molecule has 0 saturated carbocycles. The van der Waals surface area contributed by atoms with Gasteiger partial charge < -0.3 is 14.2 Å². The smallest absolute Gasteiger partial charge is 0.391 e. The number of aromatic nitrogens is 2. The van der Waals surface area contributed by atoms with Gasteiger partial charge in [-0.05, 0) is 0 Å². The monoisotopic (exact) mass is 169 g/mol. The fourth-order valence-corrected chi connectivity index (χ4v) is 0.624. The summed E-state index contributed by atoms with van der Waals surface area (Å²) in [6.45, 7) is 0. The van der Waals surface area contributed by atoms with Gasteiger partial charge in [-0.2, -0.15) is 0 Å². The van der Waals surface area contributed by atoms with Gasteiger partial charge in [0.05, 0.1) is 12.5 Å². The van der Waals surface area contributed by atoms with Crippen LogP contribution in [0.5, 0.6) is 5.88 Å². The number of amides is 1. The van der Waals surface area contributed by atoms with E-state index >= 15 is 0 Å². The molecule has 0 saturated heterocycles. The van der Waals surface area contributed by atoms with Gasteiger partial charge in [0.15, 0.2) is 0 Å². The normalized spacial score (nSPS) is 9.58. The van der Waals surface area contributed by atoms with Crippen molar-refractivity contribution in [3.63, 3.8) is 0 Å². The summed E-state index contributed by atoms with van der Waals surface area (Å²) in [4.78, 5) is 16.2. The molecule has 0 bridgehead atoms. The lowest BCUT2D eigenvalue weighted by atomic mass is 10.8. The number of rotatable bonds is 1. The minimum atomic E-state index is -0.404. The summed E-state index contributed by atoms with van der Waals surface area (Å²) in [5.41, 5.74) is 0. The first-order valence-corrected chi connectivity index (χ1v) is 3.46. The molecule has 0 aliphatic carbocycles. The van der Waals surface area contributed by atoms with Gasteiger partial charge in [0.1, 0.15) is 0 Å². The first-order valence-electron chi connectivity index (χ1n) is 3.46. The predicted molar refractivity (Wildman–Crippen MR) is 42.9 cm³/mol. The molecule has 0 N–H and O–H groups in total. The van der Waals surface area contributed by atoms with Gasteiger partial charge in [0.2, 0.25) is 5.88 Å². The zero-order valence-corrected chi connectivity index (χ0v) is 7.31. The van der Waals surface area contributed by atoms with Crippen LogP contribution in [0.15, 0.2) is 12.5 Å². The van der Waals surface area contributed by atoms with Crippen molar-refractivity contribution in [3.05, 3.63) is 12.5 Å². The van der Waals surface area contributed by atoms with E-state index in [1.54, 1.807) is 32.0 Å². The molecule has 0 atom stereocenters. The molecule has 0 fully saturated rings. The Balaban J connectivity index is 2.64. The van der Waals surface area contributed by atoms with Crippen molar-refractivity contribution in [3.8, 4) is 5.88 Å². The number of ether oxygens (including phenoxy) is 1. The number of imidazole rings is 1. The van der Waals surface area contributed by atoms with Crippen molar-refractivity contribution in [1.29, 1.82) is 0 Å². The first-order chi connectivity index (χ1) is 5.61. The lowest BCUT2D eigenvalue weighted by Gasteiger charge is -2.09. The number of nitrogens with zero attached hydrogens (tertiary/aromatic N) is 3. The minimum Gasteiger partial charge on any atom is -0.391 e. The molecule has 1 aromatic rings. The highest BCUT2D eigenvalue weighted by molar-refractivity contribution is 5.69. The van der Waals surface area contributed by atoms with E-state index < -0.39 is 6.09 Å². The van der Waals surface area contributed by atoms with Crippen LogP contribution < -0.4 is 4.74 Å². The molecule has 0 radical (unpaired) electrons. The summed E-state index contributed by atoms with van der Waals surface area (Å²) in [5.74, 6) is 0.439. The van der Waals surface area contributed by atoms with Crippen LogP contribution in [-0.4, -0.2) is 34.6 Å². The molecule has 12 heavy (non-hydrogen) atoms. The van der Waals surface area contributed by atoms with Crippen LogP contribution in [0.4, 0.5) is 4.79 Å². The number of aryl methyl sites for hydroxylation is 1. The van der Waals surface area contributed by atoms with E-state index in [1.165, 1.54) is 11.1 Å². The molecular formula is C7H11N3O2. The second-order valence-corrected chi connectivity index (χ2v) is 2.61. The van der Waals surface area contributed by atoms with Crippen molar-refractivity contribution in [1.82, 2.24) is 14.5 Å². The van der Waals surface area contributed by atoms with Crippen LogP contribution in [0.25, 0.3) is 0 Å². The van der Waals surface area contributed by atoms with Gasteiger partial charge in [-0.15, -0.1) is 0 Å². The summed E-state index contributed by atoms with van der Waals surface area (Å²) in [5, 5.41) is 0. The zero-order chi connectivity index (χ0) is 9.14. The maximum absolute atomic E-state index is 11.0. The molecule has 66 valence electrons. The average molecular weight is 169 g/mol. The van der Waals surface area contributed by atoms with Crippen molar-refractivity contribution >= 4 is 6.09 Å². The standard InChI is InChI=1S/C7H11N3O2/c1-9(2)7(11)12-6-4-8-5-10(6)3/h4-5H,1-3H3. The molecule has 1 amide bonds. The van der Waals surface area contributed by atoms with Crippen LogP contribution in [0, 0.1) is 0 Å². The van der Waals surface area contributed by atoms with Crippen LogP contribution in [0.1, 0.15) is 0 Å². The van der Waals surface area contributed by atoms with E-state index in [9.17, 15) is 4.79 Å². The number of hydrogen-bond acceptors (Lipinski definition) is 3. The lowest BCUT2D eigenvalue weighted by molar-refractivity contribution is 0.168. The van der Waals surface area contributed by atoms with E-state index in [-0.39, 0.29) is 0 Å². The Morgan fingerprint density at radius 1 is 1.67 bits per heavy atom. The number of carbonyl (C=O) groups is 1. The van der Waals surface area contributed by atoms with Crippen molar-refractivity contribution in [2.24, 2.45) is 7.05 Å². The second-order valence-electron chi connectivity index (χ2n) is 2.61. The molecule has 1 rings (SSSR count). The second kappa shape index (κ2) is 3.25. The fourth-order valence-electron chi connectivity index (χ4n) is 0.624. The maximum atomic E-state index is 11.0. The summed E-state index contributed by atoms with van der Waals surface area (Å²) >= 11 is 0. The van der Waals surface area contributed by atoms with Crippen molar-refractivity contribution in [2.75, 3.05) is 14.1 Å². The molecule has 0 aliphatic rings. The lowest BCUT2D eigenvalue weighted by Crippen LogP contribution is -2.25. The largest absolute Gasteiger partial charge is 0.416 e. The van der Waals surface area contributed by atoms with Crippen LogP contribution in [0.3, 0.4) is 0 Å². The average Bonchev–Trinajstić information content (AvgIpc) is 2.36. The Morgan fingerprint density at radius 3 is 2.75 bits per heavy atom. The molecule has 0 aliphatic heterocycles. The molecular weight excluding hydrogens is 158 g/mol. The molecule has 0 spiro atoms. The summed E-state index contributed by atoms with van der Waals surface area (Å²) in [7, 11) is 5.00. The Morgan fingerprint density at radius 2 is 2.33 bits per heavy atom. The Hall–Kier alpha value is -1.52. The molecule has 0 aromatic carbocycles. The highest BCUT2D eigenvalue weighted by Gasteiger charge is 2.08. The SMILES string of the molecule is CN(C)C(=O)Oc1cncn1C. The highest BCUT2D eigenvalue weighted by atomic mass is 16.6. The van der Waals surface area contributed by atoms with E-state index in [0.29, 0.717) is 5.88 Å². The maximum Gasteiger partial charge on any atom is 0.416 e. The third-order valence-corrected chi connectivity index (χ3v) is 1.33.